The molecule has 3 rings (SSSR count). The Morgan fingerprint density at radius 1 is 1.24 bits per heavy atom. The minimum Gasteiger partial charge on any atom is -0.339 e. The second-order valence-corrected chi connectivity index (χ2v) is 6.65. The molecule has 0 spiro atoms. The lowest BCUT2D eigenvalue weighted by Crippen LogP contribution is -2.44. The fraction of sp³-hybridized carbons (Fsp3) is 0.600. The number of nitrogens with zero attached hydrogens (tertiary/aromatic N) is 4. The molecule has 0 N–H and O–H groups in total. The van der Waals surface area contributed by atoms with Crippen molar-refractivity contribution in [2.75, 3.05) is 33.2 Å². The highest BCUT2D eigenvalue weighted by Crippen LogP contribution is 2.13. The number of rotatable bonds is 6. The van der Waals surface area contributed by atoms with E-state index in [9.17, 15) is 0 Å². The Hall–Kier alpha value is -1.24. The number of piperazine rings is 1. The van der Waals surface area contributed by atoms with Crippen LogP contribution >= 0.6 is 11.3 Å². The van der Waals surface area contributed by atoms with Gasteiger partial charge >= 0.3 is 0 Å². The van der Waals surface area contributed by atoms with Crippen molar-refractivity contribution in [1.29, 1.82) is 0 Å². The normalized spacial score (nSPS) is 17.4. The molecule has 0 atom stereocenters. The van der Waals surface area contributed by atoms with Crippen LogP contribution in [0, 0.1) is 0 Å². The minimum absolute atomic E-state index is 0.774. The van der Waals surface area contributed by atoms with Crippen LogP contribution in [0.3, 0.4) is 0 Å². The summed E-state index contributed by atoms with van der Waals surface area (Å²) in [7, 11) is 2.16. The van der Waals surface area contributed by atoms with Gasteiger partial charge < -0.3 is 9.42 Å². The number of likely N-dealkylation sites (N-methyl/N-ethyl adjacent to an activating group) is 1. The predicted octanol–water partition coefficient (Wildman–Crippen LogP) is 2.05. The van der Waals surface area contributed by atoms with Crippen LogP contribution < -0.4 is 0 Å². The summed E-state index contributed by atoms with van der Waals surface area (Å²) in [6, 6.07) is 4.28. The average Bonchev–Trinajstić information content (AvgIpc) is 3.14. The Morgan fingerprint density at radius 3 is 2.86 bits per heavy atom. The van der Waals surface area contributed by atoms with Crippen molar-refractivity contribution < 1.29 is 4.52 Å². The Balaban J connectivity index is 1.43. The fourth-order valence-electron chi connectivity index (χ4n) is 2.53. The molecule has 0 aliphatic carbocycles. The Labute approximate surface area is 129 Å². The highest BCUT2D eigenvalue weighted by atomic mass is 32.1. The van der Waals surface area contributed by atoms with Crippen LogP contribution in [0.1, 0.15) is 23.0 Å². The molecule has 0 radical (unpaired) electrons. The smallest absolute Gasteiger partial charge is 0.226 e. The summed E-state index contributed by atoms with van der Waals surface area (Å²) in [5.41, 5.74) is 0. The van der Waals surface area contributed by atoms with E-state index in [0.29, 0.717) is 0 Å². The van der Waals surface area contributed by atoms with E-state index in [2.05, 4.69) is 44.5 Å². The molecule has 21 heavy (non-hydrogen) atoms. The van der Waals surface area contributed by atoms with Gasteiger partial charge in [0, 0.05) is 37.5 Å². The lowest BCUT2D eigenvalue weighted by atomic mass is 10.2. The van der Waals surface area contributed by atoms with Gasteiger partial charge in [-0.1, -0.05) is 11.2 Å². The molecular weight excluding hydrogens is 284 g/mol. The van der Waals surface area contributed by atoms with E-state index in [-0.39, 0.29) is 0 Å². The zero-order chi connectivity index (χ0) is 14.5. The molecule has 1 aliphatic heterocycles. The van der Waals surface area contributed by atoms with Gasteiger partial charge in [-0.15, -0.1) is 11.3 Å². The number of hydrogen-bond acceptors (Lipinski definition) is 6. The number of hydrogen-bond donors (Lipinski definition) is 0. The van der Waals surface area contributed by atoms with Crippen LogP contribution in [-0.4, -0.2) is 53.2 Å². The minimum atomic E-state index is 0.774. The van der Waals surface area contributed by atoms with E-state index in [0.717, 1.165) is 63.7 Å². The molecule has 0 aromatic carbocycles. The standard InChI is InChI=1S/C15H22N4OS/c1-18-7-9-19(10-8-18)12-14-16-15(20-17-14)6-2-4-13-5-3-11-21-13/h3,5,11H,2,4,6-10,12H2,1H3. The van der Waals surface area contributed by atoms with Crippen LogP contribution in [-0.2, 0) is 19.4 Å². The largest absolute Gasteiger partial charge is 0.339 e. The quantitative estimate of drug-likeness (QED) is 0.817. The van der Waals surface area contributed by atoms with E-state index in [4.69, 9.17) is 4.52 Å². The molecule has 1 aliphatic rings. The second kappa shape index (κ2) is 7.15. The van der Waals surface area contributed by atoms with Crippen molar-refractivity contribution in [3.63, 3.8) is 0 Å². The molecule has 1 saturated heterocycles. The zero-order valence-corrected chi connectivity index (χ0v) is 13.3. The number of thiophene rings is 1. The van der Waals surface area contributed by atoms with Gasteiger partial charge in [0.25, 0.3) is 0 Å². The summed E-state index contributed by atoms with van der Waals surface area (Å²) in [6.07, 6.45) is 3.03. The lowest BCUT2D eigenvalue weighted by molar-refractivity contribution is 0.144. The summed E-state index contributed by atoms with van der Waals surface area (Å²) in [5, 5.41) is 6.23. The first-order valence-corrected chi connectivity index (χ1v) is 8.42. The van der Waals surface area contributed by atoms with Crippen molar-refractivity contribution in [2.45, 2.75) is 25.8 Å². The van der Waals surface area contributed by atoms with Gasteiger partial charge in [-0.3, -0.25) is 4.90 Å². The van der Waals surface area contributed by atoms with Gasteiger partial charge in [-0.2, -0.15) is 4.98 Å². The van der Waals surface area contributed by atoms with Crippen LogP contribution in [0.15, 0.2) is 22.0 Å². The van der Waals surface area contributed by atoms with E-state index in [1.807, 2.05) is 11.3 Å². The Kier molecular flexibility index (Phi) is 5.00. The van der Waals surface area contributed by atoms with E-state index < -0.39 is 0 Å². The van der Waals surface area contributed by atoms with Crippen molar-refractivity contribution in [3.05, 3.63) is 34.1 Å². The van der Waals surface area contributed by atoms with Crippen LogP contribution in [0.5, 0.6) is 0 Å². The van der Waals surface area contributed by atoms with E-state index in [1.54, 1.807) is 0 Å². The van der Waals surface area contributed by atoms with Crippen LogP contribution in [0.4, 0.5) is 0 Å². The average molecular weight is 306 g/mol. The summed E-state index contributed by atoms with van der Waals surface area (Å²) < 4.78 is 5.35. The molecule has 2 aromatic rings. The first kappa shape index (κ1) is 14.7. The van der Waals surface area contributed by atoms with Gasteiger partial charge in [0.05, 0.1) is 6.54 Å². The Morgan fingerprint density at radius 2 is 2.10 bits per heavy atom. The van der Waals surface area contributed by atoms with Crippen molar-refractivity contribution >= 4 is 11.3 Å². The molecule has 0 bridgehead atoms. The SMILES string of the molecule is CN1CCN(Cc2noc(CCCc3cccs3)n2)CC1. The van der Waals surface area contributed by atoms with Gasteiger partial charge in [0.15, 0.2) is 5.82 Å². The topological polar surface area (TPSA) is 45.4 Å². The monoisotopic (exact) mass is 306 g/mol. The van der Waals surface area contributed by atoms with Gasteiger partial charge in [-0.25, -0.2) is 0 Å². The third-order valence-corrected chi connectivity index (χ3v) is 4.80. The highest BCUT2D eigenvalue weighted by molar-refractivity contribution is 7.09. The van der Waals surface area contributed by atoms with Crippen LogP contribution in [0.25, 0.3) is 0 Å². The fourth-order valence-corrected chi connectivity index (χ4v) is 3.28. The molecule has 1 fully saturated rings. The Bertz CT molecular complexity index is 532. The maximum atomic E-state index is 5.35. The second-order valence-electron chi connectivity index (χ2n) is 5.62. The first-order valence-electron chi connectivity index (χ1n) is 7.54. The van der Waals surface area contributed by atoms with E-state index in [1.165, 1.54) is 4.88 Å². The molecule has 5 nitrogen and oxygen atoms in total. The first-order chi connectivity index (χ1) is 10.3. The summed E-state index contributed by atoms with van der Waals surface area (Å²) in [6.45, 7) is 5.21. The summed E-state index contributed by atoms with van der Waals surface area (Å²) >= 11 is 1.81. The predicted molar refractivity (Wildman–Crippen MR) is 83.4 cm³/mol. The van der Waals surface area contributed by atoms with E-state index >= 15 is 0 Å². The molecule has 2 aromatic heterocycles. The molecule has 6 heteroatoms. The number of aryl methyl sites for hydroxylation is 2. The van der Waals surface area contributed by atoms with Crippen molar-refractivity contribution in [3.8, 4) is 0 Å². The van der Waals surface area contributed by atoms with Gasteiger partial charge in [-0.05, 0) is 31.3 Å². The van der Waals surface area contributed by atoms with Crippen molar-refractivity contribution in [2.24, 2.45) is 0 Å². The molecule has 0 saturated carbocycles. The summed E-state index contributed by atoms with van der Waals surface area (Å²) in [5.74, 6) is 1.60. The molecule has 3 heterocycles. The molecule has 0 amide bonds. The molecular formula is C15H22N4OS. The number of aromatic nitrogens is 2. The maximum absolute atomic E-state index is 5.35. The zero-order valence-electron chi connectivity index (χ0n) is 12.5. The summed E-state index contributed by atoms with van der Waals surface area (Å²) in [4.78, 5) is 10.7. The van der Waals surface area contributed by atoms with Gasteiger partial charge in [0.1, 0.15) is 0 Å². The maximum Gasteiger partial charge on any atom is 0.226 e. The lowest BCUT2D eigenvalue weighted by Gasteiger charge is -2.31. The molecule has 114 valence electrons. The molecule has 0 unspecified atom stereocenters. The van der Waals surface area contributed by atoms with Gasteiger partial charge in [0.2, 0.25) is 5.89 Å². The third-order valence-electron chi connectivity index (χ3n) is 3.86. The van der Waals surface area contributed by atoms with Crippen molar-refractivity contribution in [1.82, 2.24) is 19.9 Å². The highest BCUT2D eigenvalue weighted by Gasteiger charge is 2.16. The third kappa shape index (κ3) is 4.36. The van der Waals surface area contributed by atoms with Crippen LogP contribution in [0.2, 0.25) is 0 Å².